The van der Waals surface area contributed by atoms with Crippen molar-refractivity contribution in [2.45, 2.75) is 12.3 Å². The summed E-state index contributed by atoms with van der Waals surface area (Å²) >= 11 is 0. The molecule has 0 spiro atoms. The van der Waals surface area contributed by atoms with Crippen LogP contribution in [0.2, 0.25) is 0 Å². The number of aliphatic hydroxyl groups is 1. The highest BCUT2D eigenvalue weighted by Gasteiger charge is 2.40. The summed E-state index contributed by atoms with van der Waals surface area (Å²) in [5.74, 6) is -0.739. The monoisotopic (exact) mass is 207 g/mol. The summed E-state index contributed by atoms with van der Waals surface area (Å²) in [6.07, 6.45) is -7.53. The minimum atomic E-state index is -4.81. The minimum Gasteiger partial charge on any atom is -0.505 e. The summed E-state index contributed by atoms with van der Waals surface area (Å²) in [6, 6.07) is 3.42. The lowest BCUT2D eigenvalue weighted by atomic mass is 10.1. The number of hydrogen-bond donors (Lipinski definition) is 3. The largest absolute Gasteiger partial charge is 0.505 e. The van der Waals surface area contributed by atoms with E-state index in [1.54, 1.807) is 0 Å². The van der Waals surface area contributed by atoms with Crippen molar-refractivity contribution in [3.63, 3.8) is 0 Å². The van der Waals surface area contributed by atoms with Crippen molar-refractivity contribution in [3.8, 4) is 5.75 Å². The van der Waals surface area contributed by atoms with Gasteiger partial charge in [-0.15, -0.1) is 0 Å². The van der Waals surface area contributed by atoms with Crippen molar-refractivity contribution in [1.82, 2.24) is 0 Å². The van der Waals surface area contributed by atoms with Crippen LogP contribution < -0.4 is 5.73 Å². The molecule has 0 bridgehead atoms. The predicted molar refractivity (Wildman–Crippen MR) is 43.5 cm³/mol. The van der Waals surface area contributed by atoms with Crippen LogP contribution >= 0.6 is 0 Å². The Kier molecular flexibility index (Phi) is 2.57. The van der Waals surface area contributed by atoms with Gasteiger partial charge < -0.3 is 15.9 Å². The zero-order valence-corrected chi connectivity index (χ0v) is 6.92. The Labute approximate surface area is 77.6 Å². The molecule has 1 rings (SSSR count). The topological polar surface area (TPSA) is 66.5 Å². The number of hydrogen-bond acceptors (Lipinski definition) is 3. The Morgan fingerprint density at radius 1 is 1.29 bits per heavy atom. The first kappa shape index (κ1) is 10.6. The molecule has 1 aromatic carbocycles. The number of para-hydroxylation sites is 1. The third-order valence-electron chi connectivity index (χ3n) is 1.70. The van der Waals surface area contributed by atoms with Crippen molar-refractivity contribution >= 4 is 5.69 Å². The van der Waals surface area contributed by atoms with Crippen LogP contribution in [0.15, 0.2) is 18.2 Å². The maximum absolute atomic E-state index is 12.0. The highest BCUT2D eigenvalue weighted by atomic mass is 19.4. The van der Waals surface area contributed by atoms with Crippen molar-refractivity contribution in [2.75, 3.05) is 5.73 Å². The number of nitrogen functional groups attached to an aromatic ring is 1. The Bertz CT molecular complexity index is 338. The van der Waals surface area contributed by atoms with E-state index in [0.717, 1.165) is 6.07 Å². The standard InChI is InChI=1S/C8H8F3NO2/c9-8(10,11)7(14)4-2-1-3-5(12)6(4)13/h1-3,7,13-14H,12H2. The zero-order valence-electron chi connectivity index (χ0n) is 6.92. The van der Waals surface area contributed by atoms with Gasteiger partial charge in [-0.25, -0.2) is 0 Å². The number of aromatic hydroxyl groups is 1. The molecule has 0 saturated carbocycles. The van der Waals surface area contributed by atoms with E-state index in [2.05, 4.69) is 0 Å². The molecule has 6 heteroatoms. The Balaban J connectivity index is 3.14. The number of aliphatic hydroxyl groups excluding tert-OH is 1. The first-order valence-corrected chi connectivity index (χ1v) is 3.66. The van der Waals surface area contributed by atoms with Gasteiger partial charge in [0.05, 0.1) is 5.69 Å². The van der Waals surface area contributed by atoms with Gasteiger partial charge in [0.2, 0.25) is 0 Å². The van der Waals surface area contributed by atoms with Crippen LogP contribution in [0.1, 0.15) is 11.7 Å². The van der Waals surface area contributed by atoms with Gasteiger partial charge in [0.1, 0.15) is 5.75 Å². The summed E-state index contributed by atoms with van der Waals surface area (Å²) in [6.45, 7) is 0. The first-order chi connectivity index (χ1) is 6.34. The molecule has 0 aliphatic heterocycles. The molecule has 0 saturated heterocycles. The smallest absolute Gasteiger partial charge is 0.418 e. The van der Waals surface area contributed by atoms with Crippen molar-refractivity contribution in [3.05, 3.63) is 23.8 Å². The van der Waals surface area contributed by atoms with E-state index < -0.39 is 23.6 Å². The summed E-state index contributed by atoms with van der Waals surface area (Å²) in [5.41, 5.74) is 4.33. The van der Waals surface area contributed by atoms with Crippen LogP contribution in [0, 0.1) is 0 Å². The fourth-order valence-electron chi connectivity index (χ4n) is 0.977. The number of rotatable bonds is 1. The molecule has 1 aromatic rings. The van der Waals surface area contributed by atoms with Crippen LogP contribution in [0.5, 0.6) is 5.75 Å². The SMILES string of the molecule is Nc1cccc(C(O)C(F)(F)F)c1O. The van der Waals surface area contributed by atoms with E-state index in [1.165, 1.54) is 12.1 Å². The third kappa shape index (κ3) is 1.90. The summed E-state index contributed by atoms with van der Waals surface area (Å²) < 4.78 is 36.1. The van der Waals surface area contributed by atoms with Crippen LogP contribution in [0.3, 0.4) is 0 Å². The molecule has 0 radical (unpaired) electrons. The fraction of sp³-hybridized carbons (Fsp3) is 0.250. The zero-order chi connectivity index (χ0) is 10.9. The van der Waals surface area contributed by atoms with Crippen molar-refractivity contribution < 1.29 is 23.4 Å². The average Bonchev–Trinajstić information content (AvgIpc) is 2.07. The van der Waals surface area contributed by atoms with Gasteiger partial charge in [-0.2, -0.15) is 13.2 Å². The maximum Gasteiger partial charge on any atom is 0.418 e. The lowest BCUT2D eigenvalue weighted by Crippen LogP contribution is -2.20. The van der Waals surface area contributed by atoms with Gasteiger partial charge in [0.25, 0.3) is 0 Å². The number of halogens is 3. The Morgan fingerprint density at radius 2 is 1.86 bits per heavy atom. The normalized spacial score (nSPS) is 14.0. The average molecular weight is 207 g/mol. The van der Waals surface area contributed by atoms with Gasteiger partial charge in [-0.3, -0.25) is 0 Å². The lowest BCUT2D eigenvalue weighted by molar-refractivity contribution is -0.207. The number of phenolic OH excluding ortho intramolecular Hbond substituents is 1. The molecule has 78 valence electrons. The van der Waals surface area contributed by atoms with Crippen LogP contribution in [0.4, 0.5) is 18.9 Å². The second kappa shape index (κ2) is 3.38. The summed E-state index contributed by atoms with van der Waals surface area (Å²) in [5, 5.41) is 18.0. The van der Waals surface area contributed by atoms with Crippen molar-refractivity contribution in [1.29, 1.82) is 0 Å². The number of phenols is 1. The van der Waals surface area contributed by atoms with Crippen molar-refractivity contribution in [2.24, 2.45) is 0 Å². The second-order valence-electron chi connectivity index (χ2n) is 2.73. The van der Waals surface area contributed by atoms with Crippen LogP contribution in [-0.4, -0.2) is 16.4 Å². The van der Waals surface area contributed by atoms with E-state index in [9.17, 15) is 13.2 Å². The van der Waals surface area contributed by atoms with Crippen LogP contribution in [-0.2, 0) is 0 Å². The van der Waals surface area contributed by atoms with E-state index in [4.69, 9.17) is 15.9 Å². The fourth-order valence-corrected chi connectivity index (χ4v) is 0.977. The van der Waals surface area contributed by atoms with Crippen LogP contribution in [0.25, 0.3) is 0 Å². The Hall–Kier alpha value is -1.43. The van der Waals surface area contributed by atoms with E-state index >= 15 is 0 Å². The molecule has 1 atom stereocenters. The minimum absolute atomic E-state index is 0.203. The maximum atomic E-state index is 12.0. The molecular weight excluding hydrogens is 199 g/mol. The number of anilines is 1. The molecule has 0 fully saturated rings. The van der Waals surface area contributed by atoms with E-state index in [-0.39, 0.29) is 5.69 Å². The van der Waals surface area contributed by atoms with Gasteiger partial charge in [-0.1, -0.05) is 12.1 Å². The number of alkyl halides is 3. The van der Waals surface area contributed by atoms with Gasteiger partial charge >= 0.3 is 6.18 Å². The number of nitrogens with two attached hydrogens (primary N) is 1. The molecule has 4 N–H and O–H groups in total. The lowest BCUT2D eigenvalue weighted by Gasteiger charge is -2.16. The summed E-state index contributed by atoms with van der Waals surface area (Å²) in [7, 11) is 0. The molecule has 1 unspecified atom stereocenters. The van der Waals surface area contributed by atoms with Gasteiger partial charge in [0, 0.05) is 5.56 Å². The molecule has 14 heavy (non-hydrogen) atoms. The highest BCUT2D eigenvalue weighted by molar-refractivity contribution is 5.56. The molecule has 3 nitrogen and oxygen atoms in total. The first-order valence-electron chi connectivity index (χ1n) is 3.66. The molecule has 0 aliphatic rings. The van der Waals surface area contributed by atoms with E-state index in [1.807, 2.05) is 0 Å². The molecule has 0 aromatic heterocycles. The molecular formula is C8H8F3NO2. The molecule has 0 heterocycles. The predicted octanol–water partition coefficient (Wildman–Crippen LogP) is 1.57. The Morgan fingerprint density at radius 3 is 2.36 bits per heavy atom. The molecule has 0 aliphatic carbocycles. The third-order valence-corrected chi connectivity index (χ3v) is 1.70. The molecule has 0 amide bonds. The quantitative estimate of drug-likeness (QED) is 0.483. The second-order valence-corrected chi connectivity index (χ2v) is 2.73. The van der Waals surface area contributed by atoms with Gasteiger partial charge in [-0.05, 0) is 6.07 Å². The number of benzene rings is 1. The summed E-state index contributed by atoms with van der Waals surface area (Å²) in [4.78, 5) is 0. The highest BCUT2D eigenvalue weighted by Crippen LogP contribution is 2.38. The van der Waals surface area contributed by atoms with Gasteiger partial charge in [0.15, 0.2) is 6.10 Å². The van der Waals surface area contributed by atoms with E-state index in [0.29, 0.717) is 0 Å².